The lowest BCUT2D eigenvalue weighted by Gasteiger charge is -2.34. The Balaban J connectivity index is 1.56. The SMILES string of the molecule is Cc1cc2oc(=O)cc(COC(=O)c3cccc(S(=O)(=O)N4CC(C)OC(C)C4)c3)c2cc1Cl. The lowest BCUT2D eigenvalue weighted by molar-refractivity contribution is -0.0440. The summed E-state index contributed by atoms with van der Waals surface area (Å²) in [6.07, 6.45) is -0.468. The molecule has 0 amide bonds. The number of halogens is 1. The van der Waals surface area contributed by atoms with E-state index in [1.165, 1.54) is 34.6 Å². The van der Waals surface area contributed by atoms with Crippen LogP contribution in [-0.2, 0) is 26.1 Å². The second kappa shape index (κ2) is 9.50. The van der Waals surface area contributed by atoms with E-state index in [9.17, 15) is 18.0 Å². The fraction of sp³-hybridized carbons (Fsp3) is 0.333. The molecular weight excluding hydrogens is 482 g/mol. The summed E-state index contributed by atoms with van der Waals surface area (Å²) in [6.45, 7) is 5.66. The standard InChI is InChI=1S/C24H24ClNO7S/c1-14-7-22-20(10-21(14)25)18(9-23(27)33-22)13-31-24(28)17-5-4-6-19(8-17)34(29,30)26-11-15(2)32-16(3)12-26/h4-10,15-16H,11-13H2,1-3H3. The largest absolute Gasteiger partial charge is 0.457 e. The molecule has 1 aromatic heterocycles. The van der Waals surface area contributed by atoms with E-state index in [-0.39, 0.29) is 42.4 Å². The van der Waals surface area contributed by atoms with Crippen molar-refractivity contribution in [1.29, 1.82) is 0 Å². The predicted molar refractivity (Wildman–Crippen MR) is 127 cm³/mol. The second-order valence-corrected chi connectivity index (χ2v) is 10.7. The Morgan fingerprint density at radius 1 is 1.15 bits per heavy atom. The number of hydrogen-bond acceptors (Lipinski definition) is 7. The summed E-state index contributed by atoms with van der Waals surface area (Å²) in [5.41, 5.74) is 1.01. The zero-order valence-corrected chi connectivity index (χ0v) is 20.5. The minimum Gasteiger partial charge on any atom is -0.457 e. The van der Waals surface area contributed by atoms with Crippen LogP contribution in [0.25, 0.3) is 11.0 Å². The van der Waals surface area contributed by atoms with Crippen LogP contribution in [0.1, 0.15) is 35.3 Å². The lowest BCUT2D eigenvalue weighted by Crippen LogP contribution is -2.48. The third-order valence-corrected chi connectivity index (χ3v) is 7.80. The van der Waals surface area contributed by atoms with Crippen molar-refractivity contribution in [3.05, 3.63) is 74.6 Å². The predicted octanol–water partition coefficient (Wildman–Crippen LogP) is 3.91. The average molecular weight is 506 g/mol. The first kappa shape index (κ1) is 24.4. The Hall–Kier alpha value is -2.72. The van der Waals surface area contributed by atoms with E-state index in [2.05, 4.69) is 0 Å². The first-order valence-corrected chi connectivity index (χ1v) is 12.5. The fourth-order valence-corrected chi connectivity index (χ4v) is 5.75. The number of aryl methyl sites for hydroxylation is 1. The highest BCUT2D eigenvalue weighted by Gasteiger charge is 2.32. The van der Waals surface area contributed by atoms with Gasteiger partial charge in [-0.2, -0.15) is 4.31 Å². The van der Waals surface area contributed by atoms with Crippen LogP contribution in [0.4, 0.5) is 0 Å². The molecule has 0 saturated carbocycles. The first-order valence-electron chi connectivity index (χ1n) is 10.7. The third kappa shape index (κ3) is 5.02. The van der Waals surface area contributed by atoms with Crippen molar-refractivity contribution in [3.8, 4) is 0 Å². The quantitative estimate of drug-likeness (QED) is 0.382. The highest BCUT2D eigenvalue weighted by Crippen LogP contribution is 2.26. The third-order valence-electron chi connectivity index (χ3n) is 5.56. The van der Waals surface area contributed by atoms with E-state index in [4.69, 9.17) is 25.5 Å². The van der Waals surface area contributed by atoms with Crippen molar-refractivity contribution < 1.29 is 27.1 Å². The van der Waals surface area contributed by atoms with Crippen molar-refractivity contribution in [3.63, 3.8) is 0 Å². The van der Waals surface area contributed by atoms with Crippen LogP contribution in [0.3, 0.4) is 0 Å². The van der Waals surface area contributed by atoms with Gasteiger partial charge in [0.05, 0.1) is 22.7 Å². The lowest BCUT2D eigenvalue weighted by atomic mass is 10.1. The Labute approximate surface area is 202 Å². The van der Waals surface area contributed by atoms with Gasteiger partial charge in [-0.25, -0.2) is 18.0 Å². The topological polar surface area (TPSA) is 103 Å². The van der Waals surface area contributed by atoms with Crippen molar-refractivity contribution in [2.45, 2.75) is 44.5 Å². The summed E-state index contributed by atoms with van der Waals surface area (Å²) >= 11 is 6.20. The van der Waals surface area contributed by atoms with Crippen LogP contribution in [0, 0.1) is 6.92 Å². The molecule has 3 aromatic rings. The van der Waals surface area contributed by atoms with Crippen LogP contribution in [0.2, 0.25) is 5.02 Å². The first-order chi connectivity index (χ1) is 16.0. The molecule has 1 saturated heterocycles. The minimum atomic E-state index is -3.82. The molecule has 1 fully saturated rings. The number of ether oxygens (including phenoxy) is 2. The monoisotopic (exact) mass is 505 g/mol. The van der Waals surface area contributed by atoms with E-state index in [0.717, 1.165) is 5.56 Å². The Morgan fingerprint density at radius 3 is 2.56 bits per heavy atom. The summed E-state index contributed by atoms with van der Waals surface area (Å²) < 4.78 is 43.9. The van der Waals surface area contributed by atoms with Crippen molar-refractivity contribution in [2.24, 2.45) is 0 Å². The number of nitrogens with zero attached hydrogens (tertiary/aromatic N) is 1. The summed E-state index contributed by atoms with van der Waals surface area (Å²) in [4.78, 5) is 24.7. The smallest absolute Gasteiger partial charge is 0.338 e. The summed E-state index contributed by atoms with van der Waals surface area (Å²) in [6, 6.07) is 10.2. The summed E-state index contributed by atoms with van der Waals surface area (Å²) in [5.74, 6) is -0.722. The normalized spacial score (nSPS) is 19.3. The molecule has 2 atom stereocenters. The number of rotatable bonds is 5. The van der Waals surface area contributed by atoms with Crippen LogP contribution >= 0.6 is 11.6 Å². The van der Waals surface area contributed by atoms with Gasteiger partial charge < -0.3 is 13.9 Å². The molecule has 2 heterocycles. The van der Waals surface area contributed by atoms with Gasteiger partial charge in [0, 0.05) is 35.1 Å². The van der Waals surface area contributed by atoms with Gasteiger partial charge in [-0.1, -0.05) is 17.7 Å². The molecule has 2 unspecified atom stereocenters. The molecule has 4 rings (SSSR count). The van der Waals surface area contributed by atoms with E-state index in [0.29, 0.717) is 21.6 Å². The molecule has 0 bridgehead atoms. The van der Waals surface area contributed by atoms with Crippen molar-refractivity contribution >= 4 is 38.6 Å². The van der Waals surface area contributed by atoms with Gasteiger partial charge in [-0.3, -0.25) is 0 Å². The van der Waals surface area contributed by atoms with Gasteiger partial charge >= 0.3 is 11.6 Å². The molecule has 0 N–H and O–H groups in total. The number of esters is 1. The molecular formula is C24H24ClNO7S. The summed E-state index contributed by atoms with van der Waals surface area (Å²) in [5, 5.41) is 1.04. The van der Waals surface area contributed by atoms with Crippen molar-refractivity contribution in [2.75, 3.05) is 13.1 Å². The average Bonchev–Trinajstić information content (AvgIpc) is 2.78. The maximum atomic E-state index is 13.1. The molecule has 1 aliphatic rings. The highest BCUT2D eigenvalue weighted by atomic mass is 35.5. The molecule has 10 heteroatoms. The molecule has 0 radical (unpaired) electrons. The molecule has 180 valence electrons. The van der Waals surface area contributed by atoms with Gasteiger partial charge in [-0.15, -0.1) is 0 Å². The van der Waals surface area contributed by atoms with Crippen LogP contribution < -0.4 is 5.63 Å². The molecule has 2 aromatic carbocycles. The molecule has 8 nitrogen and oxygen atoms in total. The van der Waals surface area contributed by atoms with Crippen LogP contribution in [-0.4, -0.2) is 44.0 Å². The van der Waals surface area contributed by atoms with E-state index < -0.39 is 21.6 Å². The highest BCUT2D eigenvalue weighted by molar-refractivity contribution is 7.89. The summed E-state index contributed by atoms with van der Waals surface area (Å²) in [7, 11) is -3.82. The molecule has 34 heavy (non-hydrogen) atoms. The minimum absolute atomic E-state index is 0.00341. The van der Waals surface area contributed by atoms with Crippen LogP contribution in [0.5, 0.6) is 0 Å². The number of carbonyl (C=O) groups excluding carboxylic acids is 1. The van der Waals surface area contributed by atoms with Gasteiger partial charge in [0.1, 0.15) is 12.2 Å². The number of benzene rings is 2. The van der Waals surface area contributed by atoms with Gasteiger partial charge in [0.15, 0.2) is 0 Å². The maximum absolute atomic E-state index is 13.1. The van der Waals surface area contributed by atoms with Crippen molar-refractivity contribution in [1.82, 2.24) is 4.31 Å². The van der Waals surface area contributed by atoms with Crippen LogP contribution in [0.15, 0.2) is 56.6 Å². The molecule has 0 spiro atoms. The zero-order valence-electron chi connectivity index (χ0n) is 18.9. The maximum Gasteiger partial charge on any atom is 0.338 e. The number of hydrogen-bond donors (Lipinski definition) is 0. The Bertz CT molecular complexity index is 1410. The Kier molecular flexibility index (Phi) is 6.82. The zero-order chi connectivity index (χ0) is 24.6. The van der Waals surface area contributed by atoms with Gasteiger partial charge in [0.25, 0.3) is 0 Å². The van der Waals surface area contributed by atoms with E-state index in [1.54, 1.807) is 19.1 Å². The number of fused-ring (bicyclic) bond motifs is 1. The molecule has 0 aliphatic carbocycles. The number of carbonyl (C=O) groups is 1. The van der Waals surface area contributed by atoms with E-state index in [1.807, 2.05) is 13.8 Å². The number of sulfonamides is 1. The Morgan fingerprint density at radius 2 is 1.85 bits per heavy atom. The fourth-order valence-electron chi connectivity index (χ4n) is 3.95. The number of morpholine rings is 1. The van der Waals surface area contributed by atoms with Gasteiger partial charge in [-0.05, 0) is 56.7 Å². The second-order valence-electron chi connectivity index (χ2n) is 8.37. The van der Waals surface area contributed by atoms with E-state index >= 15 is 0 Å². The van der Waals surface area contributed by atoms with Gasteiger partial charge in [0.2, 0.25) is 10.0 Å². The molecule has 1 aliphatic heterocycles.